The van der Waals surface area contributed by atoms with Crippen LogP contribution in [0.1, 0.15) is 38.7 Å². The van der Waals surface area contributed by atoms with E-state index in [1.165, 1.54) is 4.90 Å². The maximum absolute atomic E-state index is 14.4. The highest BCUT2D eigenvalue weighted by atomic mass is 79.9. The highest BCUT2D eigenvalue weighted by Crippen LogP contribution is 2.37. The Balaban J connectivity index is 0.00000506. The van der Waals surface area contributed by atoms with Crippen molar-refractivity contribution in [2.45, 2.75) is 45.7 Å². The van der Waals surface area contributed by atoms with Gasteiger partial charge in [-0.25, -0.2) is 8.42 Å². The van der Waals surface area contributed by atoms with Gasteiger partial charge in [-0.15, -0.1) is 12.4 Å². The minimum atomic E-state index is -3.66. The Kier molecular flexibility index (Phi) is 11.6. The minimum absolute atomic E-state index is 0. The molecule has 3 amide bonds. The fourth-order valence-corrected chi connectivity index (χ4v) is 6.39. The fraction of sp³-hybridized carbons (Fsp3) is 0.387. The molecule has 1 heterocycles. The minimum Gasteiger partial charge on any atom is -0.496 e. The summed E-state index contributed by atoms with van der Waals surface area (Å²) < 4.78 is 30.8. The third-order valence-electron chi connectivity index (χ3n) is 7.48. The Morgan fingerprint density at radius 1 is 1.09 bits per heavy atom. The van der Waals surface area contributed by atoms with Gasteiger partial charge in [0.25, 0.3) is 5.91 Å². The molecule has 0 unspecified atom stereocenters. The normalized spacial score (nSPS) is 15.7. The van der Waals surface area contributed by atoms with Crippen LogP contribution in [0.3, 0.4) is 0 Å². The van der Waals surface area contributed by atoms with Crippen molar-refractivity contribution < 1.29 is 27.5 Å². The Morgan fingerprint density at radius 3 is 2.42 bits per heavy atom. The van der Waals surface area contributed by atoms with Crippen LogP contribution in [0.15, 0.2) is 59.1 Å². The number of sulfone groups is 1. The number of hydrogen-bond donors (Lipinski definition) is 1. The van der Waals surface area contributed by atoms with Gasteiger partial charge in [0.05, 0.1) is 31.6 Å². The summed E-state index contributed by atoms with van der Waals surface area (Å²) in [6, 6.07) is 15.4. The van der Waals surface area contributed by atoms with E-state index in [0.717, 1.165) is 33.5 Å². The maximum Gasteiger partial charge on any atom is 0.251 e. The van der Waals surface area contributed by atoms with Crippen molar-refractivity contribution in [3.05, 3.63) is 64.6 Å². The molecular formula is C31H37BrClN3O6S. The van der Waals surface area contributed by atoms with Gasteiger partial charge in [0.15, 0.2) is 9.84 Å². The van der Waals surface area contributed by atoms with Crippen LogP contribution < -0.4 is 19.9 Å². The van der Waals surface area contributed by atoms with Gasteiger partial charge in [0.2, 0.25) is 11.8 Å². The molecular weight excluding hydrogens is 658 g/mol. The molecule has 232 valence electrons. The molecule has 1 aliphatic heterocycles. The fourth-order valence-electron chi connectivity index (χ4n) is 5.41. The van der Waals surface area contributed by atoms with Gasteiger partial charge in [-0.05, 0) is 53.9 Å². The largest absolute Gasteiger partial charge is 0.496 e. The third-order valence-corrected chi connectivity index (χ3v) is 8.75. The first-order valence-corrected chi connectivity index (χ1v) is 16.8. The van der Waals surface area contributed by atoms with Gasteiger partial charge in [-0.1, -0.05) is 60.5 Å². The van der Waals surface area contributed by atoms with Crippen molar-refractivity contribution in [3.63, 3.8) is 0 Å². The van der Waals surface area contributed by atoms with Crippen molar-refractivity contribution >= 4 is 78.0 Å². The number of methoxy groups -OCH3 is 1. The lowest BCUT2D eigenvalue weighted by molar-refractivity contribution is -0.130. The first-order valence-electron chi connectivity index (χ1n) is 13.9. The van der Waals surface area contributed by atoms with E-state index in [9.17, 15) is 22.8 Å². The molecule has 0 fully saturated rings. The Bertz CT molecular complexity index is 1620. The van der Waals surface area contributed by atoms with Crippen LogP contribution in [0.2, 0.25) is 0 Å². The number of nitrogens with zero attached hydrogens (tertiary/aromatic N) is 2. The van der Waals surface area contributed by atoms with Gasteiger partial charge < -0.3 is 19.9 Å². The summed E-state index contributed by atoms with van der Waals surface area (Å²) in [4.78, 5) is 44.0. The molecule has 43 heavy (non-hydrogen) atoms. The summed E-state index contributed by atoms with van der Waals surface area (Å²) in [5.74, 6) is -1.79. The van der Waals surface area contributed by atoms with E-state index in [1.807, 2.05) is 44.2 Å². The van der Waals surface area contributed by atoms with Crippen molar-refractivity contribution in [2.24, 2.45) is 5.92 Å². The molecule has 0 saturated heterocycles. The number of carbonyl (C=O) groups excluding carboxylic acids is 3. The molecule has 4 rings (SSSR count). The highest BCUT2D eigenvalue weighted by molar-refractivity contribution is 9.10. The molecule has 9 nitrogen and oxygen atoms in total. The Hall–Kier alpha value is -3.15. The number of rotatable bonds is 10. The number of fused-ring (bicyclic) bond motifs is 2. The highest BCUT2D eigenvalue weighted by Gasteiger charge is 2.38. The molecule has 0 bridgehead atoms. The van der Waals surface area contributed by atoms with E-state index in [4.69, 9.17) is 4.74 Å². The van der Waals surface area contributed by atoms with Crippen LogP contribution in [0, 0.1) is 5.92 Å². The number of amides is 3. The van der Waals surface area contributed by atoms with Crippen LogP contribution in [0.5, 0.6) is 5.75 Å². The van der Waals surface area contributed by atoms with Crippen molar-refractivity contribution in [1.29, 1.82) is 0 Å². The van der Waals surface area contributed by atoms with E-state index in [2.05, 4.69) is 21.2 Å². The summed E-state index contributed by atoms with van der Waals surface area (Å²) in [6.07, 6.45) is 3.06. The lowest BCUT2D eigenvalue weighted by atomic mass is 9.99. The second kappa shape index (κ2) is 14.5. The molecule has 3 aromatic rings. The molecule has 0 aromatic heterocycles. The third kappa shape index (κ3) is 7.87. The average Bonchev–Trinajstić information content (AvgIpc) is 3.05. The van der Waals surface area contributed by atoms with Gasteiger partial charge in [0, 0.05) is 22.2 Å². The lowest BCUT2D eigenvalue weighted by Gasteiger charge is -2.27. The quantitative estimate of drug-likeness (QED) is 0.310. The number of ether oxygens (including phenoxy) is 1. The van der Waals surface area contributed by atoms with Crippen LogP contribution in [-0.4, -0.2) is 57.8 Å². The summed E-state index contributed by atoms with van der Waals surface area (Å²) in [7, 11) is -2.10. The first kappa shape index (κ1) is 34.3. The van der Waals surface area contributed by atoms with E-state index >= 15 is 0 Å². The molecule has 0 spiro atoms. The summed E-state index contributed by atoms with van der Waals surface area (Å²) in [6.45, 7) is 3.80. The van der Waals surface area contributed by atoms with E-state index in [0.29, 0.717) is 30.0 Å². The van der Waals surface area contributed by atoms with Gasteiger partial charge >= 0.3 is 0 Å². The molecule has 0 aliphatic carbocycles. The topological polar surface area (TPSA) is 113 Å². The van der Waals surface area contributed by atoms with E-state index in [-0.39, 0.29) is 37.3 Å². The van der Waals surface area contributed by atoms with Gasteiger partial charge in [-0.3, -0.25) is 14.4 Å². The monoisotopic (exact) mass is 693 g/mol. The maximum atomic E-state index is 14.4. The SMILES string of the molecule is CCC[C@@H](CC)C(=O)N[C@H]1CN(C(=O)CS(C)(=O)=O)c2ccccc2N(Cc2c(OC)ccc3cc(Br)ccc23)C1=O.Cl. The van der Waals surface area contributed by atoms with Crippen LogP contribution in [0.25, 0.3) is 10.8 Å². The number of nitrogens with one attached hydrogen (secondary N) is 1. The average molecular weight is 695 g/mol. The number of anilines is 2. The molecule has 0 saturated carbocycles. The zero-order chi connectivity index (χ0) is 30.6. The van der Waals surface area contributed by atoms with Crippen molar-refractivity contribution in [3.8, 4) is 5.75 Å². The zero-order valence-electron chi connectivity index (χ0n) is 24.6. The van der Waals surface area contributed by atoms with Crippen LogP contribution in [0.4, 0.5) is 11.4 Å². The standard InChI is InChI=1S/C31H36BrN3O6S.ClH/c1-5-9-20(6-2)30(37)33-25-18-34(29(36)19-42(4,39)40)26-10-7-8-11-27(26)35(31(25)38)17-24-23-14-13-22(32)16-21(23)12-15-28(24)41-3;/h7-8,10-16,20,25H,5-6,9,17-19H2,1-4H3,(H,33,37);1H/t20-,25+;/m1./s1. The van der Waals surface area contributed by atoms with Crippen LogP contribution in [-0.2, 0) is 30.8 Å². The molecule has 12 heteroatoms. The summed E-state index contributed by atoms with van der Waals surface area (Å²) in [5, 5.41) is 4.73. The number of para-hydroxylation sites is 2. The second-order valence-corrected chi connectivity index (χ2v) is 13.6. The van der Waals surface area contributed by atoms with E-state index < -0.39 is 33.4 Å². The lowest BCUT2D eigenvalue weighted by Crippen LogP contribution is -2.54. The molecule has 2 atom stereocenters. The van der Waals surface area contributed by atoms with Crippen molar-refractivity contribution in [1.82, 2.24) is 5.32 Å². The first-order chi connectivity index (χ1) is 20.0. The number of carbonyl (C=O) groups is 3. The summed E-state index contributed by atoms with van der Waals surface area (Å²) in [5.41, 5.74) is 1.57. The molecule has 3 aromatic carbocycles. The van der Waals surface area contributed by atoms with E-state index in [1.54, 1.807) is 36.3 Å². The van der Waals surface area contributed by atoms with Crippen molar-refractivity contribution in [2.75, 3.05) is 35.5 Å². The van der Waals surface area contributed by atoms with Crippen LogP contribution >= 0.6 is 28.3 Å². The van der Waals surface area contributed by atoms with Gasteiger partial charge in [-0.2, -0.15) is 0 Å². The smallest absolute Gasteiger partial charge is 0.251 e. The number of benzene rings is 3. The second-order valence-electron chi connectivity index (χ2n) is 10.6. The Morgan fingerprint density at radius 2 is 1.79 bits per heavy atom. The zero-order valence-corrected chi connectivity index (χ0v) is 27.9. The number of hydrogen-bond acceptors (Lipinski definition) is 6. The Labute approximate surface area is 267 Å². The predicted octanol–water partition coefficient (Wildman–Crippen LogP) is 5.27. The molecule has 0 radical (unpaired) electrons. The number of halogens is 2. The predicted molar refractivity (Wildman–Crippen MR) is 176 cm³/mol. The van der Waals surface area contributed by atoms with Gasteiger partial charge in [0.1, 0.15) is 17.5 Å². The summed E-state index contributed by atoms with van der Waals surface area (Å²) >= 11 is 3.52. The molecule has 1 N–H and O–H groups in total. The molecule has 1 aliphatic rings.